The standard InChI is InChI=1S/C25H24N2O2/c28-22-10-8-19-9-11-24(26-25(19)22)27-14-12-18(13-15-27)23(29)16-20-6-3-5-17-4-1-2-7-21(17)20/h1-11,18,25-26H,12-16H2. The summed E-state index contributed by atoms with van der Waals surface area (Å²) in [5, 5.41) is 5.72. The molecule has 2 aromatic carbocycles. The van der Waals surface area contributed by atoms with Crippen LogP contribution in [0.3, 0.4) is 0 Å². The summed E-state index contributed by atoms with van der Waals surface area (Å²) in [6.07, 6.45) is 9.81. The van der Waals surface area contributed by atoms with E-state index in [4.69, 9.17) is 0 Å². The second kappa shape index (κ2) is 7.36. The van der Waals surface area contributed by atoms with Gasteiger partial charge in [-0.15, -0.1) is 0 Å². The van der Waals surface area contributed by atoms with Crippen LogP contribution in [-0.4, -0.2) is 35.6 Å². The average Bonchev–Trinajstić information content (AvgIpc) is 3.14. The van der Waals surface area contributed by atoms with E-state index in [1.54, 1.807) is 6.08 Å². The third kappa shape index (κ3) is 3.39. The Morgan fingerprint density at radius 1 is 1.00 bits per heavy atom. The van der Waals surface area contributed by atoms with Crippen molar-refractivity contribution in [3.63, 3.8) is 0 Å². The molecule has 5 rings (SSSR count). The number of nitrogens with zero attached hydrogens (tertiary/aromatic N) is 1. The number of likely N-dealkylation sites (tertiary alicyclic amines) is 1. The summed E-state index contributed by atoms with van der Waals surface area (Å²) in [7, 11) is 0. The van der Waals surface area contributed by atoms with Crippen molar-refractivity contribution in [2.75, 3.05) is 13.1 Å². The predicted octanol–water partition coefficient (Wildman–Crippen LogP) is 3.54. The van der Waals surface area contributed by atoms with Gasteiger partial charge in [0.2, 0.25) is 0 Å². The Labute approximate surface area is 170 Å². The summed E-state index contributed by atoms with van der Waals surface area (Å²) < 4.78 is 0. The number of carbonyl (C=O) groups is 2. The fourth-order valence-electron chi connectivity index (χ4n) is 4.63. The van der Waals surface area contributed by atoms with Gasteiger partial charge < -0.3 is 10.2 Å². The molecule has 0 spiro atoms. The van der Waals surface area contributed by atoms with Crippen molar-refractivity contribution < 1.29 is 9.59 Å². The van der Waals surface area contributed by atoms with E-state index < -0.39 is 0 Å². The molecule has 2 aliphatic heterocycles. The number of allylic oxidation sites excluding steroid dienone is 2. The summed E-state index contributed by atoms with van der Waals surface area (Å²) in [6, 6.07) is 14.2. The van der Waals surface area contributed by atoms with Gasteiger partial charge in [-0.3, -0.25) is 9.59 Å². The summed E-state index contributed by atoms with van der Waals surface area (Å²) in [5.41, 5.74) is 2.15. The zero-order chi connectivity index (χ0) is 19.8. The Balaban J connectivity index is 1.22. The van der Waals surface area contributed by atoms with Gasteiger partial charge in [-0.05, 0) is 46.9 Å². The van der Waals surface area contributed by atoms with Gasteiger partial charge in [0.15, 0.2) is 5.78 Å². The van der Waals surface area contributed by atoms with Gasteiger partial charge in [-0.2, -0.15) is 0 Å². The smallest absolute Gasteiger partial charge is 0.182 e. The number of piperidine rings is 1. The van der Waals surface area contributed by atoms with E-state index in [2.05, 4.69) is 34.5 Å². The molecule has 0 radical (unpaired) electrons. The SMILES string of the molecule is O=C(Cc1cccc2ccccc12)C1CCN(C2=CC=C3C=CC(=O)C3N2)CC1. The monoisotopic (exact) mass is 384 g/mol. The second-order valence-electron chi connectivity index (χ2n) is 8.07. The van der Waals surface area contributed by atoms with Crippen molar-refractivity contribution in [2.24, 2.45) is 5.92 Å². The van der Waals surface area contributed by atoms with Gasteiger partial charge in [0.05, 0.1) is 0 Å². The Kier molecular flexibility index (Phi) is 4.55. The highest BCUT2D eigenvalue weighted by Crippen LogP contribution is 2.27. The van der Waals surface area contributed by atoms with Crippen LogP contribution in [0.25, 0.3) is 10.8 Å². The first-order chi connectivity index (χ1) is 14.2. The van der Waals surface area contributed by atoms with E-state index in [0.29, 0.717) is 12.2 Å². The van der Waals surface area contributed by atoms with E-state index in [1.165, 1.54) is 10.8 Å². The number of rotatable bonds is 4. The highest BCUT2D eigenvalue weighted by atomic mass is 16.1. The third-order valence-corrected chi connectivity index (χ3v) is 6.32. The number of Topliss-reactive ketones (excluding diaryl/α,β-unsaturated/α-hetero) is 1. The van der Waals surface area contributed by atoms with Gasteiger partial charge >= 0.3 is 0 Å². The van der Waals surface area contributed by atoms with Gasteiger partial charge in [-0.1, -0.05) is 54.6 Å². The lowest BCUT2D eigenvalue weighted by molar-refractivity contribution is -0.123. The topological polar surface area (TPSA) is 49.4 Å². The van der Waals surface area contributed by atoms with Crippen LogP contribution in [0, 0.1) is 5.92 Å². The Bertz CT molecular complexity index is 1070. The summed E-state index contributed by atoms with van der Waals surface area (Å²) in [6.45, 7) is 1.67. The molecule has 0 amide bonds. The van der Waals surface area contributed by atoms with E-state index >= 15 is 0 Å². The van der Waals surface area contributed by atoms with Crippen molar-refractivity contribution in [2.45, 2.75) is 25.3 Å². The van der Waals surface area contributed by atoms with E-state index in [9.17, 15) is 9.59 Å². The molecule has 0 aromatic heterocycles. The molecule has 2 aromatic rings. The number of fused-ring (bicyclic) bond motifs is 2. The van der Waals surface area contributed by atoms with Crippen molar-refractivity contribution >= 4 is 22.3 Å². The average molecular weight is 384 g/mol. The first-order valence-corrected chi connectivity index (χ1v) is 10.3. The maximum absolute atomic E-state index is 13.0. The Morgan fingerprint density at radius 2 is 1.79 bits per heavy atom. The quantitative estimate of drug-likeness (QED) is 0.876. The summed E-state index contributed by atoms with van der Waals surface area (Å²) in [4.78, 5) is 27.2. The second-order valence-corrected chi connectivity index (χ2v) is 8.07. The normalized spacial score (nSPS) is 21.6. The lowest BCUT2D eigenvalue weighted by atomic mass is 9.88. The molecule has 146 valence electrons. The zero-order valence-corrected chi connectivity index (χ0v) is 16.3. The minimum Gasteiger partial charge on any atom is -0.358 e. The molecule has 29 heavy (non-hydrogen) atoms. The number of hydrogen-bond donors (Lipinski definition) is 1. The molecule has 1 aliphatic carbocycles. The Hall–Kier alpha value is -3.14. The number of hydrogen-bond acceptors (Lipinski definition) is 4. The van der Waals surface area contributed by atoms with Crippen molar-refractivity contribution in [3.05, 3.63) is 83.7 Å². The number of carbonyl (C=O) groups excluding carboxylic acids is 2. The van der Waals surface area contributed by atoms with Crippen LogP contribution in [0.15, 0.2) is 78.2 Å². The van der Waals surface area contributed by atoms with Crippen LogP contribution in [-0.2, 0) is 16.0 Å². The minimum atomic E-state index is -0.235. The Morgan fingerprint density at radius 3 is 2.66 bits per heavy atom. The number of benzene rings is 2. The molecule has 0 bridgehead atoms. The highest BCUT2D eigenvalue weighted by Gasteiger charge is 2.31. The van der Waals surface area contributed by atoms with E-state index in [0.717, 1.165) is 42.9 Å². The molecular formula is C25H24N2O2. The molecule has 1 unspecified atom stereocenters. The zero-order valence-electron chi connectivity index (χ0n) is 16.3. The predicted molar refractivity (Wildman–Crippen MR) is 114 cm³/mol. The molecule has 0 saturated carbocycles. The molecule has 2 heterocycles. The molecular weight excluding hydrogens is 360 g/mol. The molecule has 4 nitrogen and oxygen atoms in total. The van der Waals surface area contributed by atoms with Crippen LogP contribution in [0.4, 0.5) is 0 Å². The maximum Gasteiger partial charge on any atom is 0.182 e. The fourth-order valence-corrected chi connectivity index (χ4v) is 4.63. The summed E-state index contributed by atoms with van der Waals surface area (Å²) in [5.74, 6) is 1.55. The lowest BCUT2D eigenvalue weighted by Crippen LogP contribution is -2.45. The van der Waals surface area contributed by atoms with Crippen LogP contribution < -0.4 is 5.32 Å². The fraction of sp³-hybridized carbons (Fsp3) is 0.280. The maximum atomic E-state index is 13.0. The van der Waals surface area contributed by atoms with Gasteiger partial charge in [0.25, 0.3) is 0 Å². The van der Waals surface area contributed by atoms with Crippen molar-refractivity contribution in [3.8, 4) is 0 Å². The van der Waals surface area contributed by atoms with Crippen LogP contribution in [0.1, 0.15) is 18.4 Å². The van der Waals surface area contributed by atoms with Crippen molar-refractivity contribution in [1.29, 1.82) is 0 Å². The molecule has 4 heteroatoms. The van der Waals surface area contributed by atoms with Crippen LogP contribution >= 0.6 is 0 Å². The molecule has 3 aliphatic rings. The van der Waals surface area contributed by atoms with Gasteiger partial charge in [0.1, 0.15) is 17.6 Å². The molecule has 1 atom stereocenters. The molecule has 1 N–H and O–H groups in total. The van der Waals surface area contributed by atoms with Crippen molar-refractivity contribution in [1.82, 2.24) is 10.2 Å². The summed E-state index contributed by atoms with van der Waals surface area (Å²) >= 11 is 0. The van der Waals surface area contributed by atoms with Crippen LogP contribution in [0.5, 0.6) is 0 Å². The van der Waals surface area contributed by atoms with Gasteiger partial charge in [-0.25, -0.2) is 0 Å². The number of ketones is 2. The van der Waals surface area contributed by atoms with Crippen LogP contribution in [0.2, 0.25) is 0 Å². The van der Waals surface area contributed by atoms with E-state index in [1.807, 2.05) is 36.4 Å². The lowest BCUT2D eigenvalue weighted by Gasteiger charge is -2.37. The number of nitrogens with one attached hydrogen (secondary N) is 1. The number of dihydropyridines is 1. The minimum absolute atomic E-state index is 0.107. The third-order valence-electron chi connectivity index (χ3n) is 6.32. The molecule has 1 fully saturated rings. The largest absolute Gasteiger partial charge is 0.358 e. The molecule has 1 saturated heterocycles. The van der Waals surface area contributed by atoms with E-state index in [-0.39, 0.29) is 17.7 Å². The highest BCUT2D eigenvalue weighted by molar-refractivity contribution is 6.01. The van der Waals surface area contributed by atoms with Gasteiger partial charge in [0, 0.05) is 25.4 Å². The first-order valence-electron chi connectivity index (χ1n) is 10.3. The first kappa shape index (κ1) is 17.9.